The van der Waals surface area contributed by atoms with Gasteiger partial charge in [0.2, 0.25) is 0 Å². The van der Waals surface area contributed by atoms with Crippen molar-refractivity contribution in [3.63, 3.8) is 0 Å². The van der Waals surface area contributed by atoms with Gasteiger partial charge in [-0.15, -0.1) is 0 Å². The van der Waals surface area contributed by atoms with Gasteiger partial charge in [0.05, 0.1) is 5.69 Å². The van der Waals surface area contributed by atoms with Gasteiger partial charge in [0.1, 0.15) is 10.2 Å². The maximum atomic E-state index is 12.0. The first kappa shape index (κ1) is 13.1. The smallest absolute Gasteiger partial charge is 0.256 e. The highest BCUT2D eigenvalue weighted by Gasteiger charge is 2.31. The zero-order chi connectivity index (χ0) is 12.2. The molecule has 0 aliphatic rings. The molecule has 0 aromatic carbocycles. The van der Waals surface area contributed by atoms with Gasteiger partial charge in [0.25, 0.3) is 5.91 Å². The molecule has 1 heterocycles. The van der Waals surface area contributed by atoms with Gasteiger partial charge >= 0.3 is 0 Å². The third-order valence-electron chi connectivity index (χ3n) is 2.61. The molecule has 0 aliphatic heterocycles. The second-order valence-electron chi connectivity index (χ2n) is 3.58. The topological polar surface area (TPSA) is 51.2 Å². The number of carbonyl (C=O) groups is 1. The molecule has 1 N–H and O–H groups in total. The predicted molar refractivity (Wildman–Crippen MR) is 66.3 cm³/mol. The summed E-state index contributed by atoms with van der Waals surface area (Å²) in [6.07, 6.45) is 2.25. The van der Waals surface area contributed by atoms with Crippen LogP contribution in [0.3, 0.4) is 0 Å². The molecule has 1 aromatic rings. The molecule has 0 radical (unpaired) electrons. The quantitative estimate of drug-likeness (QED) is 0.866. The number of nitrogens with zero attached hydrogens (tertiary/aromatic N) is 1. The lowest BCUT2D eigenvalue weighted by atomic mass is 10.0. The summed E-state index contributed by atoms with van der Waals surface area (Å²) < 4.78 is 5.82. The van der Waals surface area contributed by atoms with Crippen molar-refractivity contribution >= 4 is 27.5 Å². The Kier molecular flexibility index (Phi) is 4.44. The minimum Gasteiger partial charge on any atom is -0.369 e. The van der Waals surface area contributed by atoms with Crippen LogP contribution >= 0.6 is 15.9 Å². The highest BCUT2D eigenvalue weighted by Crippen LogP contribution is 2.22. The molecular formula is C11H15BrN2O2. The van der Waals surface area contributed by atoms with Crippen LogP contribution in [0.1, 0.15) is 20.3 Å². The average Bonchev–Trinajstić information content (AvgIpc) is 2.31. The van der Waals surface area contributed by atoms with Crippen LogP contribution in [0.2, 0.25) is 0 Å². The number of amides is 1. The maximum absolute atomic E-state index is 12.0. The lowest BCUT2D eigenvalue weighted by Crippen LogP contribution is -2.41. The van der Waals surface area contributed by atoms with Crippen LogP contribution in [0.4, 0.5) is 5.69 Å². The zero-order valence-corrected chi connectivity index (χ0v) is 11.2. The van der Waals surface area contributed by atoms with Crippen molar-refractivity contribution in [3.05, 3.63) is 22.9 Å². The number of ether oxygens (including phenoxy) is 1. The molecule has 5 heteroatoms. The Hall–Kier alpha value is -0.940. The van der Waals surface area contributed by atoms with E-state index in [9.17, 15) is 4.79 Å². The predicted octanol–water partition coefficient (Wildman–Crippen LogP) is 2.60. The molecule has 1 rings (SSSR count). The van der Waals surface area contributed by atoms with Crippen LogP contribution < -0.4 is 5.32 Å². The normalized spacial score (nSPS) is 14.2. The number of hydrogen-bond donors (Lipinski definition) is 1. The van der Waals surface area contributed by atoms with Crippen molar-refractivity contribution in [2.45, 2.75) is 25.9 Å². The monoisotopic (exact) mass is 286 g/mol. The largest absolute Gasteiger partial charge is 0.369 e. The van der Waals surface area contributed by atoms with Gasteiger partial charge in [-0.05, 0) is 41.4 Å². The lowest BCUT2D eigenvalue weighted by molar-refractivity contribution is -0.136. The molecule has 0 saturated carbocycles. The van der Waals surface area contributed by atoms with Crippen LogP contribution in [-0.4, -0.2) is 23.6 Å². The summed E-state index contributed by atoms with van der Waals surface area (Å²) in [5.74, 6) is -0.175. The number of rotatable bonds is 4. The van der Waals surface area contributed by atoms with Gasteiger partial charge in [0.15, 0.2) is 0 Å². The van der Waals surface area contributed by atoms with Crippen molar-refractivity contribution < 1.29 is 9.53 Å². The van der Waals surface area contributed by atoms with E-state index in [1.165, 1.54) is 7.11 Å². The SMILES string of the molecule is CCC(C)(OC)C(=O)Nc1cccnc1Br. The highest BCUT2D eigenvalue weighted by atomic mass is 79.9. The number of anilines is 1. The molecule has 88 valence electrons. The van der Waals surface area contributed by atoms with E-state index >= 15 is 0 Å². The minimum atomic E-state index is -0.810. The Morgan fingerprint density at radius 3 is 2.88 bits per heavy atom. The summed E-state index contributed by atoms with van der Waals surface area (Å²) in [6, 6.07) is 3.54. The molecule has 1 unspecified atom stereocenters. The van der Waals surface area contributed by atoms with Gasteiger partial charge in [0, 0.05) is 13.3 Å². The minimum absolute atomic E-state index is 0.175. The molecule has 0 fully saturated rings. The molecule has 16 heavy (non-hydrogen) atoms. The Balaban J connectivity index is 2.83. The Morgan fingerprint density at radius 1 is 1.69 bits per heavy atom. The first-order valence-electron chi connectivity index (χ1n) is 5.00. The van der Waals surface area contributed by atoms with E-state index in [1.807, 2.05) is 6.92 Å². The highest BCUT2D eigenvalue weighted by molar-refractivity contribution is 9.10. The standard InChI is InChI=1S/C11H15BrN2O2/c1-4-11(2,16-3)10(15)14-8-6-5-7-13-9(8)12/h5-7H,4H2,1-3H3,(H,14,15). The van der Waals surface area contributed by atoms with Crippen molar-refractivity contribution in [1.29, 1.82) is 0 Å². The number of halogens is 1. The summed E-state index contributed by atoms with van der Waals surface area (Å²) in [4.78, 5) is 16.0. The van der Waals surface area contributed by atoms with E-state index in [-0.39, 0.29) is 5.91 Å². The van der Waals surface area contributed by atoms with Crippen LogP contribution in [-0.2, 0) is 9.53 Å². The zero-order valence-electron chi connectivity index (χ0n) is 9.58. The second kappa shape index (κ2) is 5.41. The van der Waals surface area contributed by atoms with E-state index in [4.69, 9.17) is 4.74 Å². The lowest BCUT2D eigenvalue weighted by Gasteiger charge is -2.25. The van der Waals surface area contributed by atoms with Gasteiger partial charge < -0.3 is 10.1 Å². The number of carbonyl (C=O) groups excluding carboxylic acids is 1. The van der Waals surface area contributed by atoms with Crippen molar-refractivity contribution in [1.82, 2.24) is 4.98 Å². The molecule has 0 saturated heterocycles. The van der Waals surface area contributed by atoms with Crippen LogP contribution in [0.25, 0.3) is 0 Å². The fourth-order valence-electron chi connectivity index (χ4n) is 1.13. The number of methoxy groups -OCH3 is 1. The van der Waals surface area contributed by atoms with Crippen molar-refractivity contribution in [3.8, 4) is 0 Å². The van der Waals surface area contributed by atoms with E-state index < -0.39 is 5.60 Å². The fraction of sp³-hybridized carbons (Fsp3) is 0.455. The maximum Gasteiger partial charge on any atom is 0.256 e. The van der Waals surface area contributed by atoms with Crippen LogP contribution in [0.5, 0.6) is 0 Å². The summed E-state index contributed by atoms with van der Waals surface area (Å²) in [6.45, 7) is 3.66. The van der Waals surface area contributed by atoms with E-state index in [0.717, 1.165) is 0 Å². The summed E-state index contributed by atoms with van der Waals surface area (Å²) in [5, 5.41) is 2.78. The molecule has 0 aliphatic carbocycles. The molecule has 1 atom stereocenters. The summed E-state index contributed by atoms with van der Waals surface area (Å²) in [7, 11) is 1.53. The fourth-order valence-corrected chi connectivity index (χ4v) is 1.48. The van der Waals surface area contributed by atoms with E-state index in [0.29, 0.717) is 16.7 Å². The van der Waals surface area contributed by atoms with Gasteiger partial charge in [-0.25, -0.2) is 4.98 Å². The van der Waals surface area contributed by atoms with E-state index in [1.54, 1.807) is 25.3 Å². The molecule has 4 nitrogen and oxygen atoms in total. The third kappa shape index (κ3) is 2.80. The third-order valence-corrected chi connectivity index (χ3v) is 3.24. The number of aromatic nitrogens is 1. The summed E-state index contributed by atoms with van der Waals surface area (Å²) >= 11 is 3.27. The van der Waals surface area contributed by atoms with Crippen LogP contribution in [0.15, 0.2) is 22.9 Å². The Bertz CT molecular complexity index is 378. The molecule has 0 bridgehead atoms. The second-order valence-corrected chi connectivity index (χ2v) is 4.34. The number of pyridine rings is 1. The van der Waals surface area contributed by atoms with Crippen molar-refractivity contribution in [2.24, 2.45) is 0 Å². The van der Waals surface area contributed by atoms with Crippen LogP contribution in [0, 0.1) is 0 Å². The average molecular weight is 287 g/mol. The van der Waals surface area contributed by atoms with E-state index in [2.05, 4.69) is 26.2 Å². The first-order valence-corrected chi connectivity index (χ1v) is 5.80. The molecule has 1 aromatic heterocycles. The molecule has 0 spiro atoms. The Labute approximate surface area is 104 Å². The number of nitrogens with one attached hydrogen (secondary N) is 1. The molecular weight excluding hydrogens is 272 g/mol. The van der Waals surface area contributed by atoms with Gasteiger partial charge in [-0.2, -0.15) is 0 Å². The van der Waals surface area contributed by atoms with Gasteiger partial charge in [-0.1, -0.05) is 6.92 Å². The molecule has 1 amide bonds. The summed E-state index contributed by atoms with van der Waals surface area (Å²) in [5.41, 5.74) is -0.167. The van der Waals surface area contributed by atoms with Gasteiger partial charge in [-0.3, -0.25) is 4.79 Å². The van der Waals surface area contributed by atoms with Crippen molar-refractivity contribution in [2.75, 3.05) is 12.4 Å². The number of hydrogen-bond acceptors (Lipinski definition) is 3. The first-order chi connectivity index (χ1) is 7.53. The Morgan fingerprint density at radius 2 is 2.38 bits per heavy atom.